The van der Waals surface area contributed by atoms with Crippen molar-refractivity contribution in [3.8, 4) is 28.1 Å². The maximum Gasteiger partial charge on any atom is 0.507 e. The van der Waals surface area contributed by atoms with E-state index in [9.17, 15) is 14.7 Å². The largest absolute Gasteiger partial charge is 0.507 e. The van der Waals surface area contributed by atoms with E-state index in [4.69, 9.17) is 26.1 Å². The van der Waals surface area contributed by atoms with E-state index in [1.807, 2.05) is 44.4 Å². The van der Waals surface area contributed by atoms with Gasteiger partial charge in [-0.05, 0) is 106 Å². The molecule has 0 radical (unpaired) electrons. The molecule has 1 aromatic carbocycles. The van der Waals surface area contributed by atoms with Gasteiger partial charge in [0.05, 0.1) is 17.3 Å². The first-order chi connectivity index (χ1) is 20.7. The summed E-state index contributed by atoms with van der Waals surface area (Å²) in [5.41, 5.74) is 1.95. The van der Waals surface area contributed by atoms with E-state index in [0.29, 0.717) is 34.9 Å². The third kappa shape index (κ3) is 6.50. The standard InChI is InChI=1S/C33H37ClN4O5.ClH/c1-38(2)12-3-13-42-29-19-23(4-6-27(29)34)30-26(22-8-10-35-11-9-22)5-7-28(36-30)31(39)37-33(43-32(40)41)24-15-20-14-21(17-24)18-25(33)16-20;/h4-11,19-21,24-25H,3,12-18H2,1-2H3,(H,37,39)(H,40,41);1H. The van der Waals surface area contributed by atoms with Crippen molar-refractivity contribution in [3.05, 3.63) is 65.6 Å². The number of pyridine rings is 2. The minimum absolute atomic E-state index is 0. The van der Waals surface area contributed by atoms with E-state index < -0.39 is 17.8 Å². The minimum Gasteiger partial charge on any atom is -0.492 e. The van der Waals surface area contributed by atoms with Crippen molar-refractivity contribution in [3.63, 3.8) is 0 Å². The summed E-state index contributed by atoms with van der Waals surface area (Å²) in [7, 11) is 4.03. The number of benzene rings is 1. The molecule has 9 nitrogen and oxygen atoms in total. The fourth-order valence-electron chi connectivity index (χ4n) is 7.56. The fraction of sp³-hybridized carbons (Fsp3) is 0.455. The lowest BCUT2D eigenvalue weighted by Gasteiger charge is -2.59. The Hall–Kier alpha value is -3.40. The number of hydrogen-bond acceptors (Lipinski definition) is 7. The summed E-state index contributed by atoms with van der Waals surface area (Å²) in [6, 6.07) is 12.8. The molecule has 0 saturated heterocycles. The Labute approximate surface area is 268 Å². The van der Waals surface area contributed by atoms with Gasteiger partial charge < -0.3 is 24.8 Å². The van der Waals surface area contributed by atoms with Gasteiger partial charge in [-0.15, -0.1) is 12.4 Å². The second-order valence-corrected chi connectivity index (χ2v) is 12.8. The first-order valence-electron chi connectivity index (χ1n) is 14.9. The summed E-state index contributed by atoms with van der Waals surface area (Å²) >= 11 is 6.50. The summed E-state index contributed by atoms with van der Waals surface area (Å²) in [6.45, 7) is 1.39. The van der Waals surface area contributed by atoms with Crippen molar-refractivity contribution in [2.75, 3.05) is 27.2 Å². The molecule has 4 saturated carbocycles. The maximum absolute atomic E-state index is 13.9. The van der Waals surface area contributed by atoms with E-state index in [2.05, 4.69) is 15.2 Å². The monoisotopic (exact) mass is 640 g/mol. The zero-order valence-electron chi connectivity index (χ0n) is 24.9. The molecule has 0 atom stereocenters. The molecule has 4 aliphatic carbocycles. The SMILES string of the molecule is CN(C)CCCOc1cc(-c2nc(C(=O)NC3(OC(=O)O)C4CC5CC(C4)CC3C5)ccc2-c2ccncc2)ccc1Cl.Cl. The molecule has 1 amide bonds. The molecule has 2 N–H and O–H groups in total. The predicted octanol–water partition coefficient (Wildman–Crippen LogP) is 6.79. The minimum atomic E-state index is -1.37. The van der Waals surface area contributed by atoms with Crippen molar-refractivity contribution in [2.24, 2.45) is 23.7 Å². The number of nitrogens with one attached hydrogen (secondary N) is 1. The van der Waals surface area contributed by atoms with Gasteiger partial charge in [-0.1, -0.05) is 17.7 Å². The molecular formula is C33H38Cl2N4O5. The van der Waals surface area contributed by atoms with Crippen LogP contribution in [0.5, 0.6) is 5.75 Å². The summed E-state index contributed by atoms with van der Waals surface area (Å²) in [4.78, 5) is 36.9. The van der Waals surface area contributed by atoms with Crippen LogP contribution in [0.25, 0.3) is 22.4 Å². The molecule has 7 rings (SSSR count). The lowest BCUT2D eigenvalue weighted by molar-refractivity contribution is -0.191. The van der Waals surface area contributed by atoms with Gasteiger partial charge in [0, 0.05) is 41.9 Å². The first-order valence-corrected chi connectivity index (χ1v) is 15.3. The van der Waals surface area contributed by atoms with Crippen molar-refractivity contribution in [1.82, 2.24) is 20.2 Å². The van der Waals surface area contributed by atoms with Gasteiger partial charge in [0.25, 0.3) is 5.91 Å². The van der Waals surface area contributed by atoms with Crippen LogP contribution in [0.3, 0.4) is 0 Å². The molecule has 44 heavy (non-hydrogen) atoms. The van der Waals surface area contributed by atoms with Gasteiger partial charge in [-0.25, -0.2) is 9.78 Å². The average molecular weight is 642 g/mol. The molecule has 0 unspecified atom stereocenters. The molecule has 234 valence electrons. The van der Waals surface area contributed by atoms with Crippen molar-refractivity contribution >= 4 is 36.1 Å². The van der Waals surface area contributed by atoms with Gasteiger partial charge in [0.15, 0.2) is 5.72 Å². The first kappa shape index (κ1) is 32.0. The van der Waals surface area contributed by atoms with Crippen LogP contribution in [0.15, 0.2) is 54.9 Å². The molecule has 11 heteroatoms. The molecule has 3 aromatic rings. The Morgan fingerprint density at radius 1 is 1.00 bits per heavy atom. The maximum atomic E-state index is 13.9. The number of aromatic nitrogens is 2. The van der Waals surface area contributed by atoms with Gasteiger partial charge >= 0.3 is 6.16 Å². The van der Waals surface area contributed by atoms with Crippen LogP contribution in [0.1, 0.15) is 49.0 Å². The topological polar surface area (TPSA) is 114 Å². The number of ether oxygens (including phenoxy) is 2. The Morgan fingerprint density at radius 3 is 2.32 bits per heavy atom. The lowest BCUT2D eigenvalue weighted by Crippen LogP contribution is -2.68. The molecule has 2 heterocycles. The number of hydrogen-bond donors (Lipinski definition) is 2. The molecule has 0 aliphatic heterocycles. The quantitative estimate of drug-likeness (QED) is 0.141. The number of carbonyl (C=O) groups excluding carboxylic acids is 1. The van der Waals surface area contributed by atoms with E-state index >= 15 is 0 Å². The van der Waals surface area contributed by atoms with Crippen LogP contribution in [-0.4, -0.2) is 65.0 Å². The normalized spacial score (nSPS) is 24.9. The van der Waals surface area contributed by atoms with E-state index in [-0.39, 0.29) is 29.9 Å². The van der Waals surface area contributed by atoms with Gasteiger partial charge in [0.1, 0.15) is 11.4 Å². The van der Waals surface area contributed by atoms with E-state index in [0.717, 1.165) is 55.3 Å². The van der Waals surface area contributed by atoms with E-state index in [1.54, 1.807) is 24.5 Å². The van der Waals surface area contributed by atoms with Crippen LogP contribution in [0.4, 0.5) is 4.79 Å². The van der Waals surface area contributed by atoms with Crippen LogP contribution in [0.2, 0.25) is 5.02 Å². The van der Waals surface area contributed by atoms with E-state index in [1.165, 1.54) is 6.42 Å². The Balaban J connectivity index is 0.00000384. The average Bonchev–Trinajstić information content (AvgIpc) is 2.98. The molecular weight excluding hydrogens is 603 g/mol. The predicted molar refractivity (Wildman–Crippen MR) is 170 cm³/mol. The van der Waals surface area contributed by atoms with Gasteiger partial charge in [-0.3, -0.25) is 9.78 Å². The summed E-state index contributed by atoms with van der Waals surface area (Å²) < 4.78 is 11.7. The third-order valence-electron chi connectivity index (χ3n) is 9.25. The number of nitrogens with zero attached hydrogens (tertiary/aromatic N) is 3. The number of carbonyl (C=O) groups is 2. The second kappa shape index (κ2) is 13.3. The van der Waals surface area contributed by atoms with Crippen LogP contribution in [0, 0.1) is 23.7 Å². The lowest BCUT2D eigenvalue weighted by atomic mass is 9.52. The second-order valence-electron chi connectivity index (χ2n) is 12.4. The highest BCUT2D eigenvalue weighted by atomic mass is 35.5. The zero-order valence-corrected chi connectivity index (χ0v) is 26.4. The number of amides is 1. The Kier molecular flexibility index (Phi) is 9.68. The fourth-order valence-corrected chi connectivity index (χ4v) is 7.73. The molecule has 4 fully saturated rings. The smallest absolute Gasteiger partial charge is 0.492 e. The third-order valence-corrected chi connectivity index (χ3v) is 9.56. The van der Waals surface area contributed by atoms with Gasteiger partial charge in [0.2, 0.25) is 0 Å². The number of halogens is 2. The Morgan fingerprint density at radius 2 is 1.68 bits per heavy atom. The highest BCUT2D eigenvalue weighted by molar-refractivity contribution is 6.32. The molecule has 2 aromatic heterocycles. The van der Waals surface area contributed by atoms with Crippen molar-refractivity contribution in [2.45, 2.75) is 44.2 Å². The number of carboxylic acid groups (broad SMARTS) is 1. The van der Waals surface area contributed by atoms with Crippen molar-refractivity contribution < 1.29 is 24.2 Å². The molecule has 4 aliphatic rings. The number of rotatable bonds is 10. The van der Waals surface area contributed by atoms with Crippen LogP contribution < -0.4 is 10.1 Å². The summed E-state index contributed by atoms with van der Waals surface area (Å²) in [5.74, 6) is 1.14. The highest BCUT2D eigenvalue weighted by Gasteiger charge is 2.60. The highest BCUT2D eigenvalue weighted by Crippen LogP contribution is 2.58. The van der Waals surface area contributed by atoms with Crippen LogP contribution in [-0.2, 0) is 4.74 Å². The zero-order chi connectivity index (χ0) is 30.1. The molecule has 4 bridgehead atoms. The summed E-state index contributed by atoms with van der Waals surface area (Å²) in [6.07, 6.45) is 7.53. The van der Waals surface area contributed by atoms with Crippen molar-refractivity contribution in [1.29, 1.82) is 0 Å². The van der Waals surface area contributed by atoms with Crippen LogP contribution >= 0.6 is 24.0 Å². The Bertz CT molecular complexity index is 1470. The summed E-state index contributed by atoms with van der Waals surface area (Å²) in [5, 5.41) is 13.3. The van der Waals surface area contributed by atoms with Gasteiger partial charge in [-0.2, -0.15) is 0 Å². The molecule has 0 spiro atoms.